The highest BCUT2D eigenvalue weighted by Gasteiger charge is 2.50. The van der Waals surface area contributed by atoms with Crippen molar-refractivity contribution in [1.82, 2.24) is 55.7 Å². The summed E-state index contributed by atoms with van der Waals surface area (Å²) in [4.78, 5) is 212. The number of hydrogen-bond donors (Lipinski definition) is 5. The van der Waals surface area contributed by atoms with Crippen LogP contribution in [0.3, 0.4) is 0 Å². The zero-order valence-corrected chi connectivity index (χ0v) is 55.3. The summed E-state index contributed by atoms with van der Waals surface area (Å²) in [5.74, 6) is -14.4. The van der Waals surface area contributed by atoms with Crippen LogP contribution in [0.4, 0.5) is 5.69 Å². The van der Waals surface area contributed by atoms with Crippen molar-refractivity contribution in [2.45, 2.75) is 175 Å². The molecule has 0 unspecified atom stereocenters. The average molecular weight is 1300 g/mol. The number of aryl methyl sites for hydroxylation is 1. The molecule has 0 bridgehead atoms. The van der Waals surface area contributed by atoms with Crippen LogP contribution in [0.5, 0.6) is 0 Å². The van der Waals surface area contributed by atoms with E-state index in [2.05, 4.69) is 21.3 Å². The molecule has 0 radical (unpaired) electrons. The number of hydrogen-bond acceptors (Lipinski definition) is 19. The van der Waals surface area contributed by atoms with Crippen molar-refractivity contribution in [1.29, 1.82) is 0 Å². The molecule has 29 nitrogen and oxygen atoms in total. The van der Waals surface area contributed by atoms with Crippen LogP contribution in [0, 0.1) is 31.6 Å². The normalized spacial score (nSPS) is 27.5. The van der Waals surface area contributed by atoms with E-state index in [0.29, 0.717) is 12.0 Å². The molecule has 1 aromatic rings. The molecule has 12 atom stereocenters. The van der Waals surface area contributed by atoms with E-state index in [1.807, 2.05) is 0 Å². The second kappa shape index (κ2) is 28.0. The summed E-state index contributed by atoms with van der Waals surface area (Å²) >= 11 is 6.49. The number of amides is 10. The second-order valence-electron chi connectivity index (χ2n) is 25.4. The van der Waals surface area contributed by atoms with E-state index in [0.717, 1.165) is 19.6 Å². The maximum Gasteiger partial charge on any atom is 0.329 e. The molecule has 6 aliphatic rings. The quantitative estimate of drug-likeness (QED) is 0.0874. The Hall–Kier alpha value is -8.76. The zero-order chi connectivity index (χ0) is 68.7. The van der Waals surface area contributed by atoms with Gasteiger partial charge in [-0.1, -0.05) is 47.6 Å². The number of nitrogens with two attached hydrogens (primary N) is 1. The molecule has 5 heterocycles. The Bertz CT molecular complexity index is 3550. The Morgan fingerprint density at radius 2 is 1.22 bits per heavy atom. The predicted molar refractivity (Wildman–Crippen MR) is 331 cm³/mol. The van der Waals surface area contributed by atoms with Crippen LogP contribution < -0.4 is 32.4 Å². The van der Waals surface area contributed by atoms with Crippen molar-refractivity contribution in [2.75, 3.05) is 52.9 Å². The molecule has 30 heteroatoms. The highest BCUT2D eigenvalue weighted by atomic mass is 35.5. The lowest BCUT2D eigenvalue weighted by molar-refractivity contribution is -0.163. The summed E-state index contributed by atoms with van der Waals surface area (Å²) in [6.07, 6.45) is -3.09. The summed E-state index contributed by atoms with van der Waals surface area (Å²) in [7, 11) is 5.33. The van der Waals surface area contributed by atoms with Crippen molar-refractivity contribution in [3.8, 4) is 11.5 Å². The number of carbonyl (C=O) groups excluding carboxylic acids is 13. The summed E-state index contributed by atoms with van der Waals surface area (Å²) in [5, 5.41) is 10.4. The van der Waals surface area contributed by atoms with Gasteiger partial charge in [0.15, 0.2) is 17.1 Å². The largest absolute Gasteiger partial charge is 0.458 e. The Labute approximate surface area is 536 Å². The minimum absolute atomic E-state index is 0.115. The third-order valence-corrected chi connectivity index (χ3v) is 18.2. The number of aromatic nitrogens is 1. The number of likely N-dealkylation sites (N-methyl/N-ethyl adjacent to an activating group) is 4. The number of ether oxygens (including phenoxy) is 2. The van der Waals surface area contributed by atoms with Gasteiger partial charge in [-0.25, -0.2) is 14.6 Å². The van der Waals surface area contributed by atoms with Crippen LogP contribution in [0.25, 0.3) is 22.6 Å². The number of benzene rings is 2. The van der Waals surface area contributed by atoms with Gasteiger partial charge < -0.3 is 70.3 Å². The van der Waals surface area contributed by atoms with Gasteiger partial charge in [0.05, 0.1) is 41.8 Å². The van der Waals surface area contributed by atoms with E-state index < -0.39 is 215 Å². The van der Waals surface area contributed by atoms with Crippen molar-refractivity contribution in [3.63, 3.8) is 0 Å². The predicted octanol–water partition coefficient (Wildman–Crippen LogP) is 0.264. The number of cyclic esters (lactones) is 2. The number of nitrogens with one attached hydrogen (secondary N) is 4. The molecule has 500 valence electrons. The van der Waals surface area contributed by atoms with Crippen LogP contribution in [0.2, 0.25) is 0 Å². The molecule has 4 fully saturated rings. The van der Waals surface area contributed by atoms with Gasteiger partial charge in [0.1, 0.15) is 71.8 Å². The Balaban J connectivity index is 1.33. The number of ketones is 1. The minimum atomic E-state index is -2.07. The van der Waals surface area contributed by atoms with E-state index in [9.17, 15) is 57.5 Å². The van der Waals surface area contributed by atoms with E-state index >= 15 is 9.59 Å². The van der Waals surface area contributed by atoms with Gasteiger partial charge in [-0.05, 0) is 83.8 Å². The summed E-state index contributed by atoms with van der Waals surface area (Å²) in [6, 6.07) is -10.7. The Morgan fingerprint density at radius 3 is 1.78 bits per heavy atom. The molecule has 7 rings (SSSR count). The molecule has 5 aliphatic heterocycles. The highest BCUT2D eigenvalue weighted by molar-refractivity contribution is 6.19. The van der Waals surface area contributed by atoms with E-state index in [1.165, 1.54) is 77.8 Å². The standard InChI is InChI=1S/C62H83ClN12O17/c1-25(2)43-59(86)74-29(8)18-20-35(74)57(84)70(13)24-40(78)73(16)49(27(5)6)62(89)90-33(12)45(55(82)66-43)68-53(80)34-19-17-28(7)51-46(34)65-48-41(42(64)50(79)30(9)52(48)92-51)54(81)69-47-38(22-63)91-61(88)32(11)72(15)39(77)23-71(14)58(85)36-21-37(76)31(10)75(36)60(87)44(26(3)4)67-56(47)83/h17,19,25-27,29,31-33,35-36,38,43-45,47,49H,18,20-24,64H2,1-16H3,(H,66,82)(H,67,83)(H,68,80)(H,69,81)/t29-,31-,32-,33+,35-,36-,38-,43+,44+,45-,47-,49-/m0/s1. The summed E-state index contributed by atoms with van der Waals surface area (Å²) in [6.45, 7) is 17.4. The van der Waals surface area contributed by atoms with E-state index in [4.69, 9.17) is 36.2 Å². The number of alkyl halides is 1. The van der Waals surface area contributed by atoms with Gasteiger partial charge in [0, 0.05) is 46.2 Å². The van der Waals surface area contributed by atoms with Gasteiger partial charge >= 0.3 is 11.9 Å². The second-order valence-corrected chi connectivity index (χ2v) is 25.7. The number of nitrogen functional groups attached to an aromatic ring is 1. The van der Waals surface area contributed by atoms with Gasteiger partial charge in [-0.15, -0.1) is 11.6 Å². The molecule has 0 aromatic heterocycles. The van der Waals surface area contributed by atoms with Crippen LogP contribution in [0.15, 0.2) is 21.3 Å². The maximum atomic E-state index is 15.2. The molecular formula is C62H83ClN12O17. The molecule has 10 amide bonds. The molecule has 92 heavy (non-hydrogen) atoms. The third kappa shape index (κ3) is 13.7. The number of nitrogens with zero attached hydrogens (tertiary/aromatic N) is 7. The van der Waals surface area contributed by atoms with Crippen molar-refractivity contribution >= 4 is 105 Å². The number of Topliss-reactive ketones (excluding diaryl/α,β-unsaturated/α-hetero) is 1. The van der Waals surface area contributed by atoms with Crippen molar-refractivity contribution < 1.29 is 76.2 Å². The third-order valence-electron chi connectivity index (χ3n) is 17.9. The number of esters is 2. The number of rotatable bonds is 8. The number of fused-ring (bicyclic) bond motifs is 4. The van der Waals surface area contributed by atoms with Gasteiger partial charge in [-0.2, -0.15) is 0 Å². The smallest absolute Gasteiger partial charge is 0.329 e. The number of anilines is 1. The first-order chi connectivity index (χ1) is 43.0. The number of halogens is 1. The average Bonchev–Trinajstić information content (AvgIpc) is 0.867. The zero-order valence-electron chi connectivity index (χ0n) is 54.6. The topological polar surface area (TPSA) is 377 Å². The van der Waals surface area contributed by atoms with Gasteiger partial charge in [0.25, 0.3) is 11.8 Å². The molecule has 0 spiro atoms. The molecule has 6 N–H and O–H groups in total. The monoisotopic (exact) mass is 1300 g/mol. The first kappa shape index (κ1) is 70.7. The Morgan fingerprint density at radius 1 is 0.674 bits per heavy atom. The van der Waals surface area contributed by atoms with Crippen LogP contribution in [-0.2, 0) is 62.2 Å². The fourth-order valence-electron chi connectivity index (χ4n) is 12.1. The van der Waals surface area contributed by atoms with Gasteiger partial charge in [-0.3, -0.25) is 57.5 Å². The van der Waals surface area contributed by atoms with Crippen LogP contribution in [0.1, 0.15) is 120 Å². The first-order valence-corrected chi connectivity index (χ1v) is 31.0. The van der Waals surface area contributed by atoms with E-state index in [-0.39, 0.29) is 34.4 Å². The molecule has 1 aromatic carbocycles. The molecule has 4 saturated heterocycles. The lowest BCUT2D eigenvalue weighted by Crippen LogP contribution is -2.62. The van der Waals surface area contributed by atoms with E-state index in [1.54, 1.807) is 55.4 Å². The maximum absolute atomic E-state index is 15.2. The fraction of sp³-hybridized carbons (Fsp3) is 0.597. The Kier molecular flexibility index (Phi) is 21.5. The molecule has 1 aliphatic carbocycles. The lowest BCUT2D eigenvalue weighted by atomic mass is 9.98. The molecular weight excluding hydrogens is 1220 g/mol. The van der Waals surface area contributed by atoms with Crippen LogP contribution in [-0.4, -0.2) is 231 Å². The summed E-state index contributed by atoms with van der Waals surface area (Å²) in [5.41, 5.74) is 3.09. The lowest BCUT2D eigenvalue weighted by Gasteiger charge is -2.37. The fourth-order valence-corrected chi connectivity index (χ4v) is 12.3. The molecule has 0 saturated carbocycles. The first-order valence-electron chi connectivity index (χ1n) is 30.5. The summed E-state index contributed by atoms with van der Waals surface area (Å²) < 4.78 is 18.1. The highest BCUT2D eigenvalue weighted by Crippen LogP contribution is 2.36. The van der Waals surface area contributed by atoms with Crippen molar-refractivity contribution in [3.05, 3.63) is 44.6 Å². The van der Waals surface area contributed by atoms with Crippen LogP contribution >= 0.6 is 11.6 Å². The number of carbonyl (C=O) groups is 13. The van der Waals surface area contributed by atoms with Crippen molar-refractivity contribution in [2.24, 2.45) is 17.8 Å². The SMILES string of the molecule is Cc1c2oc3c(C)ccc(C(=O)N[C@@H]4C(=O)N[C@H](C(C)C)C(=O)N5[C@@H](C)CC[C@H]5C(=O)N(C)CC(=O)N(C)[C@@H](C(C)C)C(=O)O[C@@H]4C)c3nc-2c(C(=O)N[C@@H]2C(=O)N[C@H](C(C)C)C(=O)N3[C@@H](C)C(=O)C[C@H]3C(=O)N(C)CC(=O)N(C)[C@@H](C)C(=O)O[C@H]2CCl)c(N)c1=O. The van der Waals surface area contributed by atoms with Gasteiger partial charge in [0.2, 0.25) is 52.7 Å². The minimum Gasteiger partial charge on any atom is -0.458 e.